The average molecular weight is 249 g/mol. The van der Waals surface area contributed by atoms with E-state index in [2.05, 4.69) is 6.92 Å². The topological polar surface area (TPSA) is 60.8 Å². The number of benzene rings is 1. The van der Waals surface area contributed by atoms with Crippen molar-refractivity contribution in [2.75, 3.05) is 6.54 Å². The van der Waals surface area contributed by atoms with Gasteiger partial charge >= 0.3 is 0 Å². The maximum absolute atomic E-state index is 12.3. The van der Waals surface area contributed by atoms with Crippen LogP contribution in [0.15, 0.2) is 18.2 Å². The molecule has 1 saturated heterocycles. The predicted molar refractivity (Wildman–Crippen MR) is 68.7 cm³/mol. The highest BCUT2D eigenvalue weighted by atomic mass is 16.3. The number of aromatic hydroxyl groups is 2. The van der Waals surface area contributed by atoms with Crippen molar-refractivity contribution in [3.63, 3.8) is 0 Å². The summed E-state index contributed by atoms with van der Waals surface area (Å²) in [5, 5.41) is 19.2. The Kier molecular flexibility index (Phi) is 3.45. The van der Waals surface area contributed by atoms with Crippen LogP contribution in [0.5, 0.6) is 11.5 Å². The minimum absolute atomic E-state index is 0.169. The van der Waals surface area contributed by atoms with E-state index in [0.29, 0.717) is 12.5 Å². The standard InChI is InChI=1S/C14H19NO3/c1-9-6-7-15(10(2)8-9)14(18)11-4-3-5-12(16)13(11)17/h3-5,9-10,16-17H,6-8H2,1-2H3. The van der Waals surface area contributed by atoms with E-state index in [1.165, 1.54) is 6.07 Å². The molecule has 1 amide bonds. The number of hydrogen-bond acceptors (Lipinski definition) is 3. The quantitative estimate of drug-likeness (QED) is 0.751. The number of phenols is 2. The Morgan fingerprint density at radius 1 is 1.33 bits per heavy atom. The number of carbonyl (C=O) groups is 1. The van der Waals surface area contributed by atoms with Crippen LogP contribution in [-0.2, 0) is 0 Å². The molecule has 0 saturated carbocycles. The van der Waals surface area contributed by atoms with Crippen LogP contribution >= 0.6 is 0 Å². The van der Waals surface area contributed by atoms with E-state index in [1.807, 2.05) is 6.92 Å². The van der Waals surface area contributed by atoms with Gasteiger partial charge in [0, 0.05) is 12.6 Å². The zero-order valence-corrected chi connectivity index (χ0v) is 10.8. The molecule has 0 aromatic heterocycles. The maximum Gasteiger partial charge on any atom is 0.257 e. The fourth-order valence-corrected chi connectivity index (χ4v) is 2.57. The second-order valence-corrected chi connectivity index (χ2v) is 5.15. The van der Waals surface area contributed by atoms with Crippen molar-refractivity contribution in [2.45, 2.75) is 32.7 Å². The number of carbonyl (C=O) groups excluding carboxylic acids is 1. The smallest absolute Gasteiger partial charge is 0.257 e. The largest absolute Gasteiger partial charge is 0.504 e. The van der Waals surface area contributed by atoms with Crippen molar-refractivity contribution in [3.8, 4) is 11.5 Å². The van der Waals surface area contributed by atoms with Crippen LogP contribution in [0, 0.1) is 5.92 Å². The molecule has 4 heteroatoms. The highest BCUT2D eigenvalue weighted by Crippen LogP contribution is 2.31. The molecular formula is C14H19NO3. The van der Waals surface area contributed by atoms with E-state index in [-0.39, 0.29) is 29.0 Å². The Labute approximate surface area is 107 Å². The number of phenolic OH excluding ortho intramolecular Hbond substituents is 2. The molecule has 0 radical (unpaired) electrons. The van der Waals surface area contributed by atoms with Gasteiger partial charge in [-0.25, -0.2) is 0 Å². The summed E-state index contributed by atoms with van der Waals surface area (Å²) in [5.41, 5.74) is 0.177. The summed E-state index contributed by atoms with van der Waals surface area (Å²) in [6.45, 7) is 4.91. The SMILES string of the molecule is CC1CCN(C(=O)c2cccc(O)c2O)C(C)C1. The van der Waals surface area contributed by atoms with Gasteiger partial charge in [-0.2, -0.15) is 0 Å². The van der Waals surface area contributed by atoms with E-state index in [9.17, 15) is 15.0 Å². The highest BCUT2D eigenvalue weighted by molar-refractivity contribution is 5.97. The first-order chi connectivity index (χ1) is 8.50. The second-order valence-electron chi connectivity index (χ2n) is 5.15. The fraction of sp³-hybridized carbons (Fsp3) is 0.500. The van der Waals surface area contributed by atoms with Crippen LogP contribution in [0.2, 0.25) is 0 Å². The number of likely N-dealkylation sites (tertiary alicyclic amines) is 1. The van der Waals surface area contributed by atoms with Gasteiger partial charge in [-0.05, 0) is 37.8 Å². The molecule has 1 aromatic carbocycles. The molecule has 0 spiro atoms. The Morgan fingerprint density at radius 3 is 2.72 bits per heavy atom. The van der Waals surface area contributed by atoms with E-state index in [0.717, 1.165) is 12.8 Å². The average Bonchev–Trinajstić information content (AvgIpc) is 2.32. The summed E-state index contributed by atoms with van der Waals surface area (Å²) in [6, 6.07) is 4.65. The molecule has 4 nitrogen and oxygen atoms in total. The number of hydrogen-bond donors (Lipinski definition) is 2. The minimum Gasteiger partial charge on any atom is -0.504 e. The zero-order valence-electron chi connectivity index (χ0n) is 10.8. The summed E-state index contributed by atoms with van der Waals surface area (Å²) in [4.78, 5) is 14.1. The lowest BCUT2D eigenvalue weighted by Crippen LogP contribution is -2.44. The molecule has 2 unspecified atom stereocenters. The van der Waals surface area contributed by atoms with Gasteiger partial charge in [-0.15, -0.1) is 0 Å². The van der Waals surface area contributed by atoms with Crippen molar-refractivity contribution in [3.05, 3.63) is 23.8 Å². The summed E-state index contributed by atoms with van der Waals surface area (Å²) in [7, 11) is 0. The minimum atomic E-state index is -0.326. The highest BCUT2D eigenvalue weighted by Gasteiger charge is 2.29. The number of piperidine rings is 1. The second kappa shape index (κ2) is 4.88. The van der Waals surface area contributed by atoms with Gasteiger partial charge in [0.1, 0.15) is 0 Å². The number of para-hydroxylation sites is 1. The fourth-order valence-electron chi connectivity index (χ4n) is 2.57. The molecule has 2 rings (SSSR count). The lowest BCUT2D eigenvalue weighted by Gasteiger charge is -2.36. The van der Waals surface area contributed by atoms with Gasteiger partial charge in [-0.3, -0.25) is 4.79 Å². The molecule has 2 atom stereocenters. The van der Waals surface area contributed by atoms with Crippen molar-refractivity contribution in [1.82, 2.24) is 4.90 Å². The van der Waals surface area contributed by atoms with Crippen LogP contribution in [0.1, 0.15) is 37.0 Å². The molecular weight excluding hydrogens is 230 g/mol. The summed E-state index contributed by atoms with van der Waals surface area (Å²) < 4.78 is 0. The lowest BCUT2D eigenvalue weighted by molar-refractivity contribution is 0.0585. The molecule has 1 aliphatic heterocycles. The third kappa shape index (κ3) is 2.28. The maximum atomic E-state index is 12.3. The molecule has 0 aliphatic carbocycles. The zero-order chi connectivity index (χ0) is 13.3. The third-order valence-corrected chi connectivity index (χ3v) is 3.64. The van der Waals surface area contributed by atoms with Crippen molar-refractivity contribution >= 4 is 5.91 Å². The Balaban J connectivity index is 2.23. The first kappa shape index (κ1) is 12.7. The first-order valence-electron chi connectivity index (χ1n) is 6.32. The lowest BCUT2D eigenvalue weighted by atomic mass is 9.93. The van der Waals surface area contributed by atoms with E-state index in [4.69, 9.17) is 0 Å². The van der Waals surface area contributed by atoms with Crippen molar-refractivity contribution in [2.24, 2.45) is 5.92 Å². The molecule has 2 N–H and O–H groups in total. The van der Waals surface area contributed by atoms with Crippen LogP contribution in [0.3, 0.4) is 0 Å². The molecule has 1 heterocycles. The Morgan fingerprint density at radius 2 is 2.06 bits per heavy atom. The first-order valence-corrected chi connectivity index (χ1v) is 6.32. The van der Waals surface area contributed by atoms with Gasteiger partial charge in [-0.1, -0.05) is 13.0 Å². The van der Waals surface area contributed by atoms with Crippen molar-refractivity contribution < 1.29 is 15.0 Å². The molecule has 0 bridgehead atoms. The van der Waals surface area contributed by atoms with E-state index < -0.39 is 0 Å². The molecule has 18 heavy (non-hydrogen) atoms. The van der Waals surface area contributed by atoms with Crippen LogP contribution < -0.4 is 0 Å². The van der Waals surface area contributed by atoms with Crippen LogP contribution in [-0.4, -0.2) is 33.6 Å². The molecule has 98 valence electrons. The van der Waals surface area contributed by atoms with E-state index in [1.54, 1.807) is 17.0 Å². The summed E-state index contributed by atoms with van der Waals surface area (Å²) >= 11 is 0. The summed E-state index contributed by atoms with van der Waals surface area (Å²) in [5.74, 6) is -0.156. The molecule has 1 aromatic rings. The molecule has 1 aliphatic rings. The van der Waals surface area contributed by atoms with Gasteiger partial charge in [0.2, 0.25) is 0 Å². The van der Waals surface area contributed by atoms with Gasteiger partial charge in [0.25, 0.3) is 5.91 Å². The van der Waals surface area contributed by atoms with Crippen molar-refractivity contribution in [1.29, 1.82) is 0 Å². The Hall–Kier alpha value is -1.71. The van der Waals surface area contributed by atoms with E-state index >= 15 is 0 Å². The number of nitrogens with zero attached hydrogens (tertiary/aromatic N) is 1. The van der Waals surface area contributed by atoms with Gasteiger partial charge < -0.3 is 15.1 Å². The van der Waals surface area contributed by atoms with Crippen LogP contribution in [0.25, 0.3) is 0 Å². The molecule has 1 fully saturated rings. The monoisotopic (exact) mass is 249 g/mol. The van der Waals surface area contributed by atoms with Crippen LogP contribution in [0.4, 0.5) is 0 Å². The number of amides is 1. The normalized spacial score (nSPS) is 24.0. The summed E-state index contributed by atoms with van der Waals surface area (Å²) in [6.07, 6.45) is 1.96. The number of rotatable bonds is 1. The third-order valence-electron chi connectivity index (χ3n) is 3.64. The Bertz CT molecular complexity index is 458. The van der Waals surface area contributed by atoms with Gasteiger partial charge in [0.15, 0.2) is 11.5 Å². The predicted octanol–water partition coefficient (Wildman–Crippen LogP) is 2.36. The van der Waals surface area contributed by atoms with Gasteiger partial charge in [0.05, 0.1) is 5.56 Å².